The first-order valence-electron chi connectivity index (χ1n) is 8.43. The molecular formula is C18H22ClN5OS. The maximum absolute atomic E-state index is 13.3. The summed E-state index contributed by atoms with van der Waals surface area (Å²) in [7, 11) is 3.97. The predicted octanol–water partition coefficient (Wildman–Crippen LogP) is 3.94. The smallest absolute Gasteiger partial charge is 0.278 e. The maximum atomic E-state index is 13.3. The minimum absolute atomic E-state index is 0.0943. The topological polar surface area (TPSA) is 54.3 Å². The molecule has 0 aliphatic rings. The molecule has 0 fully saturated rings. The number of carbonyl (C=O) groups excluding carboxylic acids is 1. The number of fused-ring (bicyclic) bond motifs is 1. The Morgan fingerprint density at radius 2 is 2.04 bits per heavy atom. The summed E-state index contributed by atoms with van der Waals surface area (Å²) >= 11 is 7.56. The highest BCUT2D eigenvalue weighted by atomic mass is 35.5. The highest BCUT2D eigenvalue weighted by Crippen LogP contribution is 2.31. The average molecular weight is 392 g/mol. The molecule has 2 heterocycles. The summed E-state index contributed by atoms with van der Waals surface area (Å²) in [6.45, 7) is 5.29. The van der Waals surface area contributed by atoms with E-state index in [0.29, 0.717) is 22.4 Å². The Bertz CT molecular complexity index is 917. The Morgan fingerprint density at radius 1 is 1.27 bits per heavy atom. The summed E-state index contributed by atoms with van der Waals surface area (Å²) in [5.41, 5.74) is 1.41. The van der Waals surface area contributed by atoms with Crippen LogP contribution in [0.5, 0.6) is 0 Å². The van der Waals surface area contributed by atoms with E-state index >= 15 is 0 Å². The van der Waals surface area contributed by atoms with Crippen LogP contribution in [-0.4, -0.2) is 52.8 Å². The van der Waals surface area contributed by atoms with Gasteiger partial charge >= 0.3 is 0 Å². The molecule has 3 rings (SSSR count). The molecule has 0 aliphatic carbocycles. The number of hydrogen-bond acceptors (Lipinski definition) is 5. The lowest BCUT2D eigenvalue weighted by Crippen LogP contribution is -2.38. The third kappa shape index (κ3) is 3.90. The molecule has 0 atom stereocenters. The molecule has 0 aliphatic heterocycles. The van der Waals surface area contributed by atoms with Gasteiger partial charge in [0.25, 0.3) is 5.91 Å². The number of hydrogen-bond donors (Lipinski definition) is 0. The average Bonchev–Trinajstić information content (AvgIpc) is 3.20. The number of amides is 1. The Balaban J connectivity index is 2.00. The molecule has 0 N–H and O–H groups in total. The molecule has 2 aromatic heterocycles. The summed E-state index contributed by atoms with van der Waals surface area (Å²) in [5.74, 6) is -0.0943. The van der Waals surface area contributed by atoms with E-state index in [1.54, 1.807) is 21.8 Å². The molecule has 3 aromatic rings. The number of rotatable bonds is 6. The number of thiazole rings is 1. The molecule has 0 spiro atoms. The van der Waals surface area contributed by atoms with E-state index in [-0.39, 0.29) is 11.9 Å². The second-order valence-electron chi connectivity index (χ2n) is 6.62. The van der Waals surface area contributed by atoms with E-state index in [9.17, 15) is 4.79 Å². The largest absolute Gasteiger partial charge is 0.308 e. The van der Waals surface area contributed by atoms with Crippen molar-refractivity contribution in [3.63, 3.8) is 0 Å². The standard InChI is InChI=1S/C18H22ClN5OS/c1-12(2)24-15(7-8-20-24)17(25)23(10-9-22(3)4)18-21-14-6-5-13(19)11-16(14)26-18/h5-8,11-12H,9-10H2,1-4H3. The SMILES string of the molecule is CC(C)n1nccc1C(=O)N(CCN(C)C)c1nc2ccc(Cl)cc2s1. The van der Waals surface area contributed by atoms with Gasteiger partial charge in [-0.15, -0.1) is 0 Å². The Hall–Kier alpha value is -1.96. The van der Waals surface area contributed by atoms with Crippen molar-refractivity contribution in [1.82, 2.24) is 19.7 Å². The number of halogens is 1. The van der Waals surface area contributed by atoms with Crippen molar-refractivity contribution >= 4 is 44.2 Å². The normalized spacial score (nSPS) is 11.7. The van der Waals surface area contributed by atoms with E-state index in [0.717, 1.165) is 16.8 Å². The maximum Gasteiger partial charge on any atom is 0.278 e. The second kappa shape index (κ2) is 7.73. The fraction of sp³-hybridized carbons (Fsp3) is 0.389. The number of aromatic nitrogens is 3. The van der Waals surface area contributed by atoms with Gasteiger partial charge in [0.15, 0.2) is 5.13 Å². The van der Waals surface area contributed by atoms with E-state index in [4.69, 9.17) is 11.6 Å². The predicted molar refractivity (Wildman–Crippen MR) is 107 cm³/mol. The van der Waals surface area contributed by atoms with Crippen molar-refractivity contribution in [2.75, 3.05) is 32.1 Å². The number of benzene rings is 1. The molecule has 6 nitrogen and oxygen atoms in total. The lowest BCUT2D eigenvalue weighted by atomic mass is 10.3. The van der Waals surface area contributed by atoms with E-state index < -0.39 is 0 Å². The van der Waals surface area contributed by atoms with Crippen molar-refractivity contribution in [3.05, 3.63) is 41.2 Å². The fourth-order valence-electron chi connectivity index (χ4n) is 2.62. The molecule has 0 bridgehead atoms. The monoisotopic (exact) mass is 391 g/mol. The number of nitrogens with zero attached hydrogens (tertiary/aromatic N) is 5. The van der Waals surface area contributed by atoms with Gasteiger partial charge in [0, 0.05) is 30.4 Å². The van der Waals surface area contributed by atoms with Gasteiger partial charge in [-0.2, -0.15) is 5.10 Å². The van der Waals surface area contributed by atoms with Gasteiger partial charge in [0.05, 0.1) is 10.2 Å². The van der Waals surface area contributed by atoms with Crippen molar-refractivity contribution in [2.24, 2.45) is 0 Å². The first kappa shape index (κ1) is 18.8. The second-order valence-corrected chi connectivity index (χ2v) is 8.07. The van der Waals surface area contributed by atoms with E-state index in [2.05, 4.69) is 10.1 Å². The van der Waals surface area contributed by atoms with Crippen molar-refractivity contribution < 1.29 is 4.79 Å². The van der Waals surface area contributed by atoms with Gasteiger partial charge in [0.2, 0.25) is 0 Å². The highest BCUT2D eigenvalue weighted by molar-refractivity contribution is 7.22. The summed E-state index contributed by atoms with van der Waals surface area (Å²) in [5, 5.41) is 5.62. The molecule has 26 heavy (non-hydrogen) atoms. The van der Waals surface area contributed by atoms with Crippen LogP contribution in [0.15, 0.2) is 30.5 Å². The van der Waals surface area contributed by atoms with Crippen LogP contribution in [0, 0.1) is 0 Å². The van der Waals surface area contributed by atoms with Gasteiger partial charge in [-0.3, -0.25) is 14.4 Å². The Labute approximate surface area is 162 Å². The van der Waals surface area contributed by atoms with Crippen molar-refractivity contribution in [3.8, 4) is 0 Å². The van der Waals surface area contributed by atoms with Crippen LogP contribution in [0.4, 0.5) is 5.13 Å². The van der Waals surface area contributed by atoms with Crippen LogP contribution in [0.3, 0.4) is 0 Å². The third-order valence-corrected chi connectivity index (χ3v) is 5.24. The molecule has 0 saturated carbocycles. The van der Waals surface area contributed by atoms with Gasteiger partial charge in [-0.25, -0.2) is 4.98 Å². The summed E-state index contributed by atoms with van der Waals surface area (Å²) < 4.78 is 2.71. The van der Waals surface area contributed by atoms with Gasteiger partial charge in [0.1, 0.15) is 5.69 Å². The lowest BCUT2D eigenvalue weighted by Gasteiger charge is -2.22. The Kier molecular flexibility index (Phi) is 5.60. The van der Waals surface area contributed by atoms with E-state index in [1.165, 1.54) is 11.3 Å². The van der Waals surface area contributed by atoms with Gasteiger partial charge in [-0.1, -0.05) is 22.9 Å². The summed E-state index contributed by atoms with van der Waals surface area (Å²) in [4.78, 5) is 21.7. The van der Waals surface area contributed by atoms with Crippen molar-refractivity contribution in [2.45, 2.75) is 19.9 Å². The third-order valence-electron chi connectivity index (χ3n) is 3.96. The zero-order chi connectivity index (χ0) is 18.8. The molecule has 1 aromatic carbocycles. The summed E-state index contributed by atoms with van der Waals surface area (Å²) in [6, 6.07) is 7.44. The first-order chi connectivity index (χ1) is 12.4. The molecule has 0 saturated heterocycles. The minimum atomic E-state index is -0.0943. The molecule has 0 radical (unpaired) electrons. The van der Waals surface area contributed by atoms with Crippen LogP contribution >= 0.6 is 22.9 Å². The lowest BCUT2D eigenvalue weighted by molar-refractivity contribution is 0.0973. The zero-order valence-electron chi connectivity index (χ0n) is 15.3. The minimum Gasteiger partial charge on any atom is -0.308 e. The van der Waals surface area contributed by atoms with Crippen molar-refractivity contribution in [1.29, 1.82) is 0 Å². The molecule has 8 heteroatoms. The quantitative estimate of drug-likeness (QED) is 0.638. The Morgan fingerprint density at radius 3 is 2.73 bits per heavy atom. The molecule has 138 valence electrons. The van der Waals surface area contributed by atoms with Crippen LogP contribution in [0.2, 0.25) is 5.02 Å². The van der Waals surface area contributed by atoms with Crippen LogP contribution in [0.25, 0.3) is 10.2 Å². The van der Waals surface area contributed by atoms with Gasteiger partial charge in [-0.05, 0) is 52.2 Å². The number of anilines is 1. The zero-order valence-corrected chi connectivity index (χ0v) is 16.9. The summed E-state index contributed by atoms with van der Waals surface area (Å²) in [6.07, 6.45) is 1.66. The molecule has 1 amide bonds. The number of carbonyl (C=O) groups is 1. The van der Waals surface area contributed by atoms with Gasteiger partial charge < -0.3 is 4.90 Å². The van der Waals surface area contributed by atoms with Crippen LogP contribution < -0.4 is 4.90 Å². The fourth-order valence-corrected chi connectivity index (χ4v) is 3.89. The molecular weight excluding hydrogens is 370 g/mol. The van der Waals surface area contributed by atoms with Crippen LogP contribution in [0.1, 0.15) is 30.4 Å². The first-order valence-corrected chi connectivity index (χ1v) is 9.62. The van der Waals surface area contributed by atoms with E-state index in [1.807, 2.05) is 51.0 Å². The highest BCUT2D eigenvalue weighted by Gasteiger charge is 2.25. The number of likely N-dealkylation sites (N-methyl/N-ethyl adjacent to an activating group) is 1. The van der Waals surface area contributed by atoms with Crippen LogP contribution in [-0.2, 0) is 0 Å². The molecule has 0 unspecified atom stereocenters.